The minimum atomic E-state index is -0.862. The van der Waals surface area contributed by atoms with Gasteiger partial charge in [0, 0.05) is 6.08 Å². The molecule has 16 heavy (non-hydrogen) atoms. The molecular formula is C11H12O5. The highest BCUT2D eigenvalue weighted by molar-refractivity contribution is 5.82. The van der Waals surface area contributed by atoms with Crippen molar-refractivity contribution in [1.82, 2.24) is 0 Å². The van der Waals surface area contributed by atoms with Gasteiger partial charge in [0.15, 0.2) is 11.7 Å². The van der Waals surface area contributed by atoms with Gasteiger partial charge >= 0.3 is 11.9 Å². The van der Waals surface area contributed by atoms with Crippen LogP contribution < -0.4 is 0 Å². The van der Waals surface area contributed by atoms with Crippen LogP contribution in [0, 0.1) is 5.92 Å². The van der Waals surface area contributed by atoms with E-state index in [2.05, 4.69) is 6.58 Å². The largest absolute Gasteiger partial charge is 0.455 e. The first-order valence-corrected chi connectivity index (χ1v) is 5.27. The van der Waals surface area contributed by atoms with Crippen LogP contribution in [0.3, 0.4) is 0 Å². The average molecular weight is 224 g/mol. The molecule has 86 valence electrons. The summed E-state index contributed by atoms with van der Waals surface area (Å²) in [6.45, 7) is 5.10. The van der Waals surface area contributed by atoms with E-state index in [9.17, 15) is 9.59 Å². The molecule has 0 radical (unpaired) electrons. The van der Waals surface area contributed by atoms with E-state index >= 15 is 0 Å². The summed E-state index contributed by atoms with van der Waals surface area (Å²) < 4.78 is 16.2. The van der Waals surface area contributed by atoms with E-state index in [1.54, 1.807) is 6.92 Å². The number of rotatable bonds is 2. The van der Waals surface area contributed by atoms with Gasteiger partial charge in [-0.25, -0.2) is 4.79 Å². The lowest BCUT2D eigenvalue weighted by atomic mass is 9.80. The highest BCUT2D eigenvalue weighted by Gasteiger charge is 2.70. The smallest absolute Gasteiger partial charge is 0.330 e. The number of fused-ring (bicyclic) bond motifs is 1. The van der Waals surface area contributed by atoms with Crippen molar-refractivity contribution in [3.8, 4) is 0 Å². The Balaban J connectivity index is 1.90. The van der Waals surface area contributed by atoms with Gasteiger partial charge in [-0.1, -0.05) is 6.58 Å². The summed E-state index contributed by atoms with van der Waals surface area (Å²) >= 11 is 0. The fourth-order valence-electron chi connectivity index (χ4n) is 2.87. The summed E-state index contributed by atoms with van der Waals surface area (Å²) in [5.74, 6) is -0.931. The van der Waals surface area contributed by atoms with Gasteiger partial charge in [-0.2, -0.15) is 0 Å². The summed E-state index contributed by atoms with van der Waals surface area (Å²) in [6.07, 6.45) is 0.711. The molecule has 0 N–H and O–H groups in total. The van der Waals surface area contributed by atoms with Gasteiger partial charge in [0.05, 0.1) is 5.92 Å². The Hall–Kier alpha value is -1.36. The van der Waals surface area contributed by atoms with Gasteiger partial charge in [0.2, 0.25) is 0 Å². The summed E-state index contributed by atoms with van der Waals surface area (Å²) in [6, 6.07) is 0. The Kier molecular flexibility index (Phi) is 1.75. The monoisotopic (exact) mass is 224 g/mol. The molecule has 3 saturated heterocycles. The van der Waals surface area contributed by atoms with Crippen molar-refractivity contribution in [3.63, 3.8) is 0 Å². The first kappa shape index (κ1) is 9.84. The minimum absolute atomic E-state index is 0.175. The van der Waals surface area contributed by atoms with E-state index in [0.29, 0.717) is 6.42 Å². The molecule has 3 rings (SSSR count). The molecule has 3 aliphatic heterocycles. The third-order valence-corrected chi connectivity index (χ3v) is 3.72. The van der Waals surface area contributed by atoms with Gasteiger partial charge in [-0.3, -0.25) is 4.79 Å². The number of hydrogen-bond donors (Lipinski definition) is 0. The van der Waals surface area contributed by atoms with Gasteiger partial charge in [0.1, 0.15) is 12.2 Å². The van der Waals surface area contributed by atoms with Crippen molar-refractivity contribution in [2.45, 2.75) is 37.3 Å². The molecule has 0 saturated carbocycles. The van der Waals surface area contributed by atoms with Crippen LogP contribution >= 0.6 is 0 Å². The molecule has 5 unspecified atom stereocenters. The fraction of sp³-hybridized carbons (Fsp3) is 0.636. The van der Waals surface area contributed by atoms with Crippen molar-refractivity contribution in [3.05, 3.63) is 12.7 Å². The fourth-order valence-corrected chi connectivity index (χ4v) is 2.87. The van der Waals surface area contributed by atoms with Crippen molar-refractivity contribution in [2.75, 3.05) is 0 Å². The zero-order chi connectivity index (χ0) is 11.5. The third kappa shape index (κ3) is 0.988. The predicted octanol–water partition coefficient (Wildman–Crippen LogP) is 0.187. The van der Waals surface area contributed by atoms with Crippen LogP contribution in [-0.2, 0) is 23.8 Å². The van der Waals surface area contributed by atoms with Crippen LogP contribution in [0.15, 0.2) is 12.7 Å². The number of hydrogen-bond acceptors (Lipinski definition) is 5. The van der Waals surface area contributed by atoms with E-state index in [-0.39, 0.29) is 24.1 Å². The van der Waals surface area contributed by atoms with Gasteiger partial charge < -0.3 is 14.2 Å². The highest BCUT2D eigenvalue weighted by atomic mass is 16.7. The lowest BCUT2D eigenvalue weighted by Crippen LogP contribution is -2.51. The summed E-state index contributed by atoms with van der Waals surface area (Å²) in [5.41, 5.74) is -0.862. The molecule has 2 bridgehead atoms. The second kappa shape index (κ2) is 2.85. The molecule has 0 aromatic heterocycles. The molecule has 0 aromatic carbocycles. The zero-order valence-corrected chi connectivity index (χ0v) is 8.84. The van der Waals surface area contributed by atoms with E-state index in [1.165, 1.54) is 0 Å². The third-order valence-electron chi connectivity index (χ3n) is 3.72. The van der Waals surface area contributed by atoms with Crippen LogP contribution in [0.5, 0.6) is 0 Å². The molecule has 0 amide bonds. The Bertz CT molecular complexity index is 390. The van der Waals surface area contributed by atoms with E-state index in [4.69, 9.17) is 14.2 Å². The molecule has 0 spiro atoms. The number of esters is 2. The molecule has 0 aromatic rings. The van der Waals surface area contributed by atoms with E-state index in [0.717, 1.165) is 6.08 Å². The van der Waals surface area contributed by atoms with Crippen molar-refractivity contribution in [2.24, 2.45) is 5.92 Å². The molecule has 3 aliphatic rings. The van der Waals surface area contributed by atoms with Crippen LogP contribution in [-0.4, -0.2) is 35.9 Å². The number of carbonyl (C=O) groups is 2. The lowest BCUT2D eigenvalue weighted by Gasteiger charge is -2.33. The Morgan fingerprint density at radius 2 is 2.44 bits per heavy atom. The quantitative estimate of drug-likeness (QED) is 0.495. The first-order chi connectivity index (χ1) is 7.56. The van der Waals surface area contributed by atoms with Gasteiger partial charge in [-0.15, -0.1) is 0 Å². The van der Waals surface area contributed by atoms with Crippen molar-refractivity contribution >= 4 is 11.9 Å². The molecule has 3 heterocycles. The topological polar surface area (TPSA) is 61.8 Å². The number of ether oxygens (including phenoxy) is 3. The molecule has 5 heteroatoms. The second-order valence-corrected chi connectivity index (χ2v) is 4.60. The Morgan fingerprint density at radius 1 is 1.69 bits per heavy atom. The first-order valence-electron chi connectivity index (χ1n) is 5.27. The maximum absolute atomic E-state index is 11.5. The Labute approximate surface area is 92.3 Å². The summed E-state index contributed by atoms with van der Waals surface area (Å²) in [4.78, 5) is 22.7. The van der Waals surface area contributed by atoms with Crippen LogP contribution in [0.2, 0.25) is 0 Å². The Morgan fingerprint density at radius 3 is 3.12 bits per heavy atom. The van der Waals surface area contributed by atoms with E-state index < -0.39 is 17.7 Å². The molecule has 5 atom stereocenters. The van der Waals surface area contributed by atoms with Crippen LogP contribution in [0.25, 0.3) is 0 Å². The molecule has 5 nitrogen and oxygen atoms in total. The van der Waals surface area contributed by atoms with E-state index in [1.807, 2.05) is 0 Å². The normalized spacial score (nSPS) is 47.9. The molecular weight excluding hydrogens is 212 g/mol. The molecule has 0 aliphatic carbocycles. The maximum atomic E-state index is 11.5. The lowest BCUT2D eigenvalue weighted by molar-refractivity contribution is -0.171. The van der Waals surface area contributed by atoms with Crippen LogP contribution in [0.4, 0.5) is 0 Å². The minimum Gasteiger partial charge on any atom is -0.455 e. The van der Waals surface area contributed by atoms with Crippen LogP contribution in [0.1, 0.15) is 13.3 Å². The van der Waals surface area contributed by atoms with Gasteiger partial charge in [0.25, 0.3) is 0 Å². The molecule has 3 fully saturated rings. The standard InChI is InChI=1S/C11H12O5/c1-3-7(12)16-11(2)6-4-5-8(14-6)9(11)15-10(5)13/h3,5-6,8-9H,1,4H2,2H3. The second-order valence-electron chi connectivity index (χ2n) is 4.60. The number of carbonyl (C=O) groups excluding carboxylic acids is 2. The van der Waals surface area contributed by atoms with Crippen molar-refractivity contribution < 1.29 is 23.8 Å². The van der Waals surface area contributed by atoms with Crippen molar-refractivity contribution in [1.29, 1.82) is 0 Å². The average Bonchev–Trinajstić information content (AvgIpc) is 2.83. The van der Waals surface area contributed by atoms with Gasteiger partial charge in [-0.05, 0) is 13.3 Å². The highest BCUT2D eigenvalue weighted by Crippen LogP contribution is 2.52. The predicted molar refractivity (Wildman–Crippen MR) is 51.3 cm³/mol. The summed E-state index contributed by atoms with van der Waals surface area (Å²) in [5, 5.41) is 0. The maximum Gasteiger partial charge on any atom is 0.330 e. The summed E-state index contributed by atoms with van der Waals surface area (Å²) in [7, 11) is 0. The zero-order valence-electron chi connectivity index (χ0n) is 8.84. The SMILES string of the molecule is C=CC(=O)OC1(C)C2CC3C(=O)OC1C3O2.